The Balaban J connectivity index is 1.55. The molecule has 9 heteroatoms. The molecule has 4 rings (SSSR count). The van der Waals surface area contributed by atoms with E-state index in [0.29, 0.717) is 21.7 Å². The molecule has 0 fully saturated rings. The summed E-state index contributed by atoms with van der Waals surface area (Å²) in [6, 6.07) is 13.0. The van der Waals surface area contributed by atoms with Crippen LogP contribution in [-0.4, -0.2) is 36.2 Å². The van der Waals surface area contributed by atoms with Gasteiger partial charge in [-0.25, -0.2) is 4.68 Å². The lowest BCUT2D eigenvalue weighted by atomic mass is 10.2. The van der Waals surface area contributed by atoms with Crippen LogP contribution in [0.15, 0.2) is 72.4 Å². The zero-order valence-electron chi connectivity index (χ0n) is 15.5. The van der Waals surface area contributed by atoms with E-state index in [4.69, 9.17) is 11.6 Å². The second-order valence-corrected chi connectivity index (χ2v) is 7.52. The first kappa shape index (κ1) is 19.2. The van der Waals surface area contributed by atoms with E-state index >= 15 is 0 Å². The molecule has 3 aromatic heterocycles. The number of carbonyl (C=O) groups is 1. The van der Waals surface area contributed by atoms with Crippen molar-refractivity contribution in [3.63, 3.8) is 0 Å². The average molecular weight is 425 g/mol. The van der Waals surface area contributed by atoms with Crippen molar-refractivity contribution >= 4 is 35.0 Å². The Hall–Kier alpha value is -3.10. The van der Waals surface area contributed by atoms with Crippen LogP contribution in [0.1, 0.15) is 5.56 Å². The summed E-state index contributed by atoms with van der Waals surface area (Å²) in [4.78, 5) is 16.6. The maximum atomic E-state index is 12.5. The fourth-order valence-corrected chi connectivity index (χ4v) is 3.67. The van der Waals surface area contributed by atoms with Crippen LogP contribution in [0.2, 0.25) is 5.02 Å². The molecule has 7 nitrogen and oxygen atoms in total. The highest BCUT2D eigenvalue weighted by Gasteiger charge is 2.17. The molecule has 29 heavy (non-hydrogen) atoms. The Morgan fingerprint density at radius 3 is 2.72 bits per heavy atom. The van der Waals surface area contributed by atoms with Gasteiger partial charge in [-0.05, 0) is 48.9 Å². The minimum absolute atomic E-state index is 0.148. The Kier molecular flexibility index (Phi) is 5.64. The molecule has 0 radical (unpaired) electrons. The molecule has 0 spiro atoms. The normalized spacial score (nSPS) is 10.8. The fraction of sp³-hybridized carbons (Fsp3) is 0.100. The Labute approximate surface area is 176 Å². The molecule has 1 aromatic carbocycles. The van der Waals surface area contributed by atoms with Gasteiger partial charge in [0.1, 0.15) is 0 Å². The maximum absolute atomic E-state index is 12.5. The first-order valence-electron chi connectivity index (χ1n) is 8.80. The van der Waals surface area contributed by atoms with Crippen LogP contribution in [0, 0.1) is 6.92 Å². The van der Waals surface area contributed by atoms with E-state index < -0.39 is 0 Å². The largest absolute Gasteiger partial charge is 0.325 e. The summed E-state index contributed by atoms with van der Waals surface area (Å²) in [7, 11) is 0. The van der Waals surface area contributed by atoms with E-state index in [1.165, 1.54) is 11.8 Å². The maximum Gasteiger partial charge on any atom is 0.234 e. The first-order valence-corrected chi connectivity index (χ1v) is 10.2. The number of pyridine rings is 1. The van der Waals surface area contributed by atoms with Crippen molar-refractivity contribution in [3.05, 3.63) is 77.8 Å². The molecule has 0 aliphatic heterocycles. The SMILES string of the molecule is Cc1c(Cl)cccc1NC(=O)CSc1nnc(-c2cccnc2)n1-n1cccc1. The third-order valence-electron chi connectivity index (χ3n) is 4.23. The molecule has 146 valence electrons. The van der Waals surface area contributed by atoms with Gasteiger partial charge in [-0.3, -0.25) is 14.5 Å². The van der Waals surface area contributed by atoms with E-state index in [0.717, 1.165) is 11.1 Å². The van der Waals surface area contributed by atoms with E-state index in [9.17, 15) is 4.79 Å². The minimum Gasteiger partial charge on any atom is -0.325 e. The fourth-order valence-electron chi connectivity index (χ4n) is 2.76. The van der Waals surface area contributed by atoms with Crippen molar-refractivity contribution in [2.24, 2.45) is 0 Å². The second kappa shape index (κ2) is 8.50. The molecule has 4 aromatic rings. The highest BCUT2D eigenvalue weighted by molar-refractivity contribution is 7.99. The lowest BCUT2D eigenvalue weighted by Crippen LogP contribution is -2.16. The number of halogens is 1. The Bertz CT molecular complexity index is 1130. The molecule has 0 bridgehead atoms. The van der Waals surface area contributed by atoms with Gasteiger partial charge in [0, 0.05) is 41.1 Å². The third-order valence-corrected chi connectivity index (χ3v) is 5.55. The molecule has 0 saturated carbocycles. The number of rotatable bonds is 6. The standard InChI is InChI=1S/C20H17ClN6OS/c1-14-16(21)7-4-8-17(14)23-18(28)13-29-20-25-24-19(15-6-5-9-22-12-15)27(20)26-10-2-3-11-26/h2-12H,13H2,1H3,(H,23,28). The number of hydrogen-bond acceptors (Lipinski definition) is 5. The summed E-state index contributed by atoms with van der Waals surface area (Å²) in [6.07, 6.45) is 7.22. The number of benzene rings is 1. The van der Waals surface area contributed by atoms with Gasteiger partial charge in [0.15, 0.2) is 5.82 Å². The smallest absolute Gasteiger partial charge is 0.234 e. The molecule has 0 saturated heterocycles. The van der Waals surface area contributed by atoms with Gasteiger partial charge in [0.25, 0.3) is 0 Å². The predicted molar refractivity (Wildman–Crippen MR) is 114 cm³/mol. The number of carbonyl (C=O) groups excluding carboxylic acids is 1. The number of amides is 1. The zero-order chi connectivity index (χ0) is 20.2. The van der Waals surface area contributed by atoms with Crippen molar-refractivity contribution < 1.29 is 4.79 Å². The van der Waals surface area contributed by atoms with E-state index in [2.05, 4.69) is 20.5 Å². The van der Waals surface area contributed by atoms with Crippen molar-refractivity contribution in [2.45, 2.75) is 12.1 Å². The summed E-state index contributed by atoms with van der Waals surface area (Å²) in [5.74, 6) is 0.673. The van der Waals surface area contributed by atoms with Crippen LogP contribution in [0.4, 0.5) is 5.69 Å². The van der Waals surface area contributed by atoms with Gasteiger partial charge in [0.05, 0.1) is 5.75 Å². The van der Waals surface area contributed by atoms with Crippen LogP contribution in [0.25, 0.3) is 11.4 Å². The molecular formula is C20H17ClN6OS. The molecule has 0 atom stereocenters. The van der Waals surface area contributed by atoms with Crippen molar-refractivity contribution in [1.82, 2.24) is 24.5 Å². The van der Waals surface area contributed by atoms with Crippen LogP contribution < -0.4 is 5.32 Å². The van der Waals surface area contributed by atoms with E-state index in [-0.39, 0.29) is 11.7 Å². The van der Waals surface area contributed by atoms with Crippen LogP contribution in [-0.2, 0) is 4.79 Å². The van der Waals surface area contributed by atoms with Gasteiger partial charge >= 0.3 is 0 Å². The molecule has 1 N–H and O–H groups in total. The van der Waals surface area contributed by atoms with Crippen LogP contribution in [0.5, 0.6) is 0 Å². The lowest BCUT2D eigenvalue weighted by Gasteiger charge is -2.12. The zero-order valence-corrected chi connectivity index (χ0v) is 17.1. The van der Waals surface area contributed by atoms with Gasteiger partial charge < -0.3 is 5.32 Å². The van der Waals surface area contributed by atoms with Gasteiger partial charge in [-0.2, -0.15) is 0 Å². The number of nitrogens with zero attached hydrogens (tertiary/aromatic N) is 5. The van der Waals surface area contributed by atoms with Gasteiger partial charge in [-0.15, -0.1) is 10.2 Å². The summed E-state index contributed by atoms with van der Waals surface area (Å²) in [5, 5.41) is 12.7. The summed E-state index contributed by atoms with van der Waals surface area (Å²) < 4.78 is 3.71. The number of hydrogen-bond donors (Lipinski definition) is 1. The monoisotopic (exact) mass is 424 g/mol. The van der Waals surface area contributed by atoms with Gasteiger partial charge in [0.2, 0.25) is 11.1 Å². The number of anilines is 1. The molecule has 1 amide bonds. The van der Waals surface area contributed by atoms with E-state index in [1.807, 2.05) is 59.0 Å². The quantitative estimate of drug-likeness (QED) is 0.470. The van der Waals surface area contributed by atoms with Gasteiger partial charge in [-0.1, -0.05) is 29.4 Å². The number of nitrogens with one attached hydrogen (secondary N) is 1. The van der Waals surface area contributed by atoms with Crippen LogP contribution >= 0.6 is 23.4 Å². The summed E-state index contributed by atoms with van der Waals surface area (Å²) in [5.41, 5.74) is 2.37. The minimum atomic E-state index is -0.148. The number of thioether (sulfide) groups is 1. The molecular weight excluding hydrogens is 408 g/mol. The number of aromatic nitrogens is 5. The lowest BCUT2D eigenvalue weighted by molar-refractivity contribution is -0.113. The highest BCUT2D eigenvalue weighted by atomic mass is 35.5. The summed E-state index contributed by atoms with van der Waals surface area (Å²) >= 11 is 7.42. The molecule has 0 unspecified atom stereocenters. The topological polar surface area (TPSA) is 77.6 Å². The molecule has 0 aliphatic rings. The third kappa shape index (κ3) is 4.18. The summed E-state index contributed by atoms with van der Waals surface area (Å²) in [6.45, 7) is 1.87. The van der Waals surface area contributed by atoms with Crippen molar-refractivity contribution in [3.8, 4) is 11.4 Å². The molecule has 3 heterocycles. The highest BCUT2D eigenvalue weighted by Crippen LogP contribution is 2.25. The van der Waals surface area contributed by atoms with E-state index in [1.54, 1.807) is 24.5 Å². The van der Waals surface area contributed by atoms with Crippen molar-refractivity contribution in [1.29, 1.82) is 0 Å². The Morgan fingerprint density at radius 1 is 1.14 bits per heavy atom. The van der Waals surface area contributed by atoms with Crippen molar-refractivity contribution in [2.75, 3.05) is 11.1 Å². The Morgan fingerprint density at radius 2 is 1.97 bits per heavy atom. The molecule has 0 aliphatic carbocycles. The van der Waals surface area contributed by atoms with Crippen LogP contribution in [0.3, 0.4) is 0 Å². The predicted octanol–water partition coefficient (Wildman–Crippen LogP) is 4.15. The average Bonchev–Trinajstić information content (AvgIpc) is 3.40. The second-order valence-electron chi connectivity index (χ2n) is 6.17. The first-order chi connectivity index (χ1) is 14.1.